The summed E-state index contributed by atoms with van der Waals surface area (Å²) >= 11 is 0. The first-order valence-corrected chi connectivity index (χ1v) is 5.29. The second-order valence-electron chi connectivity index (χ2n) is 5.18. The molecule has 0 radical (unpaired) electrons. The quantitative estimate of drug-likeness (QED) is 0.507. The third-order valence-electron chi connectivity index (χ3n) is 3.82. The smallest absolute Gasteiger partial charge is 0.112 e. The highest BCUT2D eigenvalue weighted by Crippen LogP contribution is 2.45. The Kier molecular flexibility index (Phi) is 1.93. The number of amidine groups is 1. The molecule has 72 valence electrons. The van der Waals surface area contributed by atoms with Crippen LogP contribution < -0.4 is 0 Å². The number of fused-ring (bicyclic) bond motifs is 1. The molecule has 1 aliphatic carbocycles. The van der Waals surface area contributed by atoms with Crippen LogP contribution in [0.25, 0.3) is 0 Å². The van der Waals surface area contributed by atoms with Crippen molar-refractivity contribution in [3.63, 3.8) is 0 Å². The number of aliphatic imine (C=N–C) groups is 1. The molecule has 0 bridgehead atoms. The maximum absolute atomic E-state index is 4.79. The Morgan fingerprint density at radius 2 is 2.31 bits per heavy atom. The summed E-state index contributed by atoms with van der Waals surface area (Å²) in [6.07, 6.45) is 4.02. The molecule has 0 spiro atoms. The van der Waals surface area contributed by atoms with Gasteiger partial charge in [0.25, 0.3) is 0 Å². The number of hydrogen-bond donors (Lipinski definition) is 0. The molecule has 0 saturated heterocycles. The van der Waals surface area contributed by atoms with Crippen LogP contribution in [0.3, 0.4) is 0 Å². The summed E-state index contributed by atoms with van der Waals surface area (Å²) < 4.78 is 0. The van der Waals surface area contributed by atoms with E-state index in [-0.39, 0.29) is 0 Å². The molecule has 0 aromatic heterocycles. The van der Waals surface area contributed by atoms with E-state index in [4.69, 9.17) is 4.99 Å². The number of hydrogen-bond acceptors (Lipinski definition) is 2. The molecule has 2 aliphatic rings. The zero-order valence-corrected chi connectivity index (χ0v) is 9.17. The van der Waals surface area contributed by atoms with Crippen molar-refractivity contribution >= 4 is 13.7 Å². The van der Waals surface area contributed by atoms with Gasteiger partial charge in [0, 0.05) is 7.05 Å². The normalized spacial score (nSPS) is 44.5. The van der Waals surface area contributed by atoms with Crippen LogP contribution in [-0.2, 0) is 0 Å². The van der Waals surface area contributed by atoms with Crippen molar-refractivity contribution in [2.75, 3.05) is 7.05 Å². The zero-order valence-electron chi connectivity index (χ0n) is 9.17. The molecular weight excluding hydrogens is 159 g/mol. The lowest BCUT2D eigenvalue weighted by molar-refractivity contribution is 0.233. The molecule has 13 heavy (non-hydrogen) atoms. The fraction of sp³-hybridized carbons (Fsp3) is 0.900. The molecule has 1 aliphatic heterocycles. The van der Waals surface area contributed by atoms with Gasteiger partial charge in [-0.15, -0.1) is 0 Å². The molecule has 1 fully saturated rings. The van der Waals surface area contributed by atoms with E-state index in [1.807, 2.05) is 0 Å². The fourth-order valence-electron chi connectivity index (χ4n) is 2.79. The Morgan fingerprint density at radius 1 is 1.62 bits per heavy atom. The van der Waals surface area contributed by atoms with Gasteiger partial charge in [0.1, 0.15) is 7.85 Å². The maximum atomic E-state index is 4.79. The third kappa shape index (κ3) is 1.29. The van der Waals surface area contributed by atoms with E-state index in [0.717, 1.165) is 0 Å². The van der Waals surface area contributed by atoms with Crippen molar-refractivity contribution in [3.8, 4) is 0 Å². The minimum Gasteiger partial charge on any atom is -0.359 e. The molecule has 0 aromatic rings. The van der Waals surface area contributed by atoms with Crippen LogP contribution in [0, 0.1) is 0 Å². The van der Waals surface area contributed by atoms with Crippen LogP contribution in [0.15, 0.2) is 4.99 Å². The summed E-state index contributed by atoms with van der Waals surface area (Å²) in [6.45, 7) is 4.49. The van der Waals surface area contributed by atoms with E-state index in [1.165, 1.54) is 25.1 Å². The number of nitrogens with zero attached hydrogens (tertiary/aromatic N) is 2. The van der Waals surface area contributed by atoms with Crippen molar-refractivity contribution in [1.82, 2.24) is 4.90 Å². The standard InChI is InChI=1S/C10H19BN2/c1-7-12-9-8(13(7)3)5-4-6-10(9,2)11/h8-9H,4-6,11H2,1-3H3. The third-order valence-corrected chi connectivity index (χ3v) is 3.82. The Balaban J connectivity index is 2.26. The van der Waals surface area contributed by atoms with Gasteiger partial charge in [0.2, 0.25) is 0 Å². The van der Waals surface area contributed by atoms with Crippen molar-refractivity contribution in [2.24, 2.45) is 4.99 Å². The number of rotatable bonds is 0. The summed E-state index contributed by atoms with van der Waals surface area (Å²) in [5.74, 6) is 1.23. The molecule has 1 heterocycles. The lowest BCUT2D eigenvalue weighted by Gasteiger charge is -2.40. The lowest BCUT2D eigenvalue weighted by atomic mass is 9.58. The molecule has 3 atom stereocenters. The van der Waals surface area contributed by atoms with E-state index in [2.05, 4.69) is 33.6 Å². The first-order valence-electron chi connectivity index (χ1n) is 5.29. The van der Waals surface area contributed by atoms with E-state index in [1.54, 1.807) is 0 Å². The van der Waals surface area contributed by atoms with Crippen molar-refractivity contribution in [1.29, 1.82) is 0 Å². The first-order chi connectivity index (χ1) is 6.02. The van der Waals surface area contributed by atoms with Crippen molar-refractivity contribution < 1.29 is 0 Å². The fourth-order valence-corrected chi connectivity index (χ4v) is 2.79. The molecular formula is C10H19BN2. The average Bonchev–Trinajstić information content (AvgIpc) is 2.32. The van der Waals surface area contributed by atoms with Crippen LogP contribution in [0.5, 0.6) is 0 Å². The van der Waals surface area contributed by atoms with Gasteiger partial charge in [-0.05, 0) is 18.7 Å². The molecule has 3 heteroatoms. The van der Waals surface area contributed by atoms with Crippen LogP contribution >= 0.6 is 0 Å². The van der Waals surface area contributed by atoms with Gasteiger partial charge in [0.15, 0.2) is 0 Å². The summed E-state index contributed by atoms with van der Waals surface area (Å²) in [4.78, 5) is 7.15. The van der Waals surface area contributed by atoms with Gasteiger partial charge in [-0.1, -0.05) is 19.8 Å². The van der Waals surface area contributed by atoms with E-state index >= 15 is 0 Å². The largest absolute Gasteiger partial charge is 0.359 e. The van der Waals surface area contributed by atoms with Gasteiger partial charge in [0.05, 0.1) is 17.9 Å². The van der Waals surface area contributed by atoms with Gasteiger partial charge in [-0.3, -0.25) is 4.99 Å². The molecule has 3 unspecified atom stereocenters. The number of likely N-dealkylation sites (N-methyl/N-ethyl adjacent to an activating group) is 1. The Labute approximate surface area is 81.8 Å². The summed E-state index contributed by atoms with van der Waals surface area (Å²) in [5.41, 5.74) is 0. The van der Waals surface area contributed by atoms with Crippen molar-refractivity contribution in [2.45, 2.75) is 50.5 Å². The predicted octanol–water partition coefficient (Wildman–Crippen LogP) is 1.08. The molecule has 0 amide bonds. The van der Waals surface area contributed by atoms with Gasteiger partial charge in [-0.2, -0.15) is 0 Å². The molecule has 0 aromatic carbocycles. The van der Waals surface area contributed by atoms with E-state index in [9.17, 15) is 0 Å². The Hall–Kier alpha value is -0.465. The Bertz CT molecular complexity index is 247. The molecule has 2 rings (SSSR count). The van der Waals surface area contributed by atoms with Crippen molar-refractivity contribution in [3.05, 3.63) is 0 Å². The minimum atomic E-state index is 0.412. The van der Waals surface area contributed by atoms with E-state index in [0.29, 0.717) is 17.4 Å². The minimum absolute atomic E-state index is 0.412. The first kappa shape index (κ1) is 9.10. The van der Waals surface area contributed by atoms with Crippen LogP contribution in [0.4, 0.5) is 0 Å². The van der Waals surface area contributed by atoms with E-state index < -0.39 is 0 Å². The van der Waals surface area contributed by atoms with Gasteiger partial charge >= 0.3 is 0 Å². The zero-order chi connectivity index (χ0) is 9.64. The predicted molar refractivity (Wildman–Crippen MR) is 59.2 cm³/mol. The summed E-state index contributed by atoms with van der Waals surface area (Å²) in [5, 5.41) is 0.412. The van der Waals surface area contributed by atoms with Crippen LogP contribution in [0.1, 0.15) is 33.1 Å². The monoisotopic (exact) mass is 178 g/mol. The topological polar surface area (TPSA) is 15.6 Å². The Morgan fingerprint density at radius 3 is 2.92 bits per heavy atom. The molecule has 0 N–H and O–H groups in total. The second-order valence-corrected chi connectivity index (χ2v) is 5.18. The van der Waals surface area contributed by atoms with Crippen LogP contribution in [0.2, 0.25) is 5.31 Å². The summed E-state index contributed by atoms with van der Waals surface area (Å²) in [6, 6.07) is 1.23. The van der Waals surface area contributed by atoms with Gasteiger partial charge in [-0.25, -0.2) is 0 Å². The second kappa shape index (κ2) is 2.76. The average molecular weight is 178 g/mol. The molecule has 1 saturated carbocycles. The van der Waals surface area contributed by atoms with Crippen LogP contribution in [-0.4, -0.2) is 37.7 Å². The summed E-state index contributed by atoms with van der Waals surface area (Å²) in [7, 11) is 4.55. The SMILES string of the molecule is BC1(C)CCCC2C1N=C(C)N2C. The highest BCUT2D eigenvalue weighted by molar-refractivity contribution is 6.16. The maximum Gasteiger partial charge on any atom is 0.112 e. The molecule has 2 nitrogen and oxygen atoms in total. The highest BCUT2D eigenvalue weighted by Gasteiger charge is 2.44. The highest BCUT2D eigenvalue weighted by atomic mass is 15.3. The lowest BCUT2D eigenvalue weighted by Crippen LogP contribution is -2.44. The van der Waals surface area contributed by atoms with Gasteiger partial charge < -0.3 is 4.90 Å².